The van der Waals surface area contributed by atoms with Gasteiger partial charge in [0.25, 0.3) is 0 Å². The molecule has 0 aromatic carbocycles. The number of rotatable bonds is 6. The van der Waals surface area contributed by atoms with Crippen molar-refractivity contribution in [3.8, 4) is 0 Å². The SMILES string of the molecule is CCCC1CC1NC(=NCC1CCCS1)NCC. The van der Waals surface area contributed by atoms with Crippen LogP contribution in [-0.4, -0.2) is 36.1 Å². The number of nitrogens with one attached hydrogen (secondary N) is 2. The van der Waals surface area contributed by atoms with Crippen LogP contribution in [0.25, 0.3) is 0 Å². The van der Waals surface area contributed by atoms with Gasteiger partial charge < -0.3 is 10.6 Å². The Hall–Kier alpha value is -0.380. The van der Waals surface area contributed by atoms with Gasteiger partial charge in [-0.3, -0.25) is 4.99 Å². The molecule has 1 saturated carbocycles. The topological polar surface area (TPSA) is 36.4 Å². The van der Waals surface area contributed by atoms with Gasteiger partial charge in [0.2, 0.25) is 0 Å². The van der Waals surface area contributed by atoms with Crippen molar-refractivity contribution in [2.24, 2.45) is 10.9 Å². The summed E-state index contributed by atoms with van der Waals surface area (Å²) in [6.45, 7) is 6.34. The normalized spacial score (nSPS) is 31.4. The second-order valence-corrected chi connectivity index (χ2v) is 6.80. The molecule has 0 aromatic heterocycles. The molecule has 1 heterocycles. The average Bonchev–Trinajstić information content (AvgIpc) is 2.90. The Morgan fingerprint density at radius 1 is 1.39 bits per heavy atom. The molecule has 3 nitrogen and oxygen atoms in total. The van der Waals surface area contributed by atoms with Gasteiger partial charge in [0.1, 0.15) is 0 Å². The van der Waals surface area contributed by atoms with Gasteiger partial charge in [-0.05, 0) is 44.3 Å². The number of nitrogens with zero attached hydrogens (tertiary/aromatic N) is 1. The van der Waals surface area contributed by atoms with Gasteiger partial charge in [0.05, 0.1) is 6.54 Å². The lowest BCUT2D eigenvalue weighted by Crippen LogP contribution is -2.39. The van der Waals surface area contributed by atoms with E-state index in [9.17, 15) is 0 Å². The summed E-state index contributed by atoms with van der Waals surface area (Å²) in [4.78, 5) is 4.74. The molecule has 0 spiro atoms. The summed E-state index contributed by atoms with van der Waals surface area (Å²) < 4.78 is 0. The predicted molar refractivity (Wildman–Crippen MR) is 81.4 cm³/mol. The second-order valence-electron chi connectivity index (χ2n) is 5.39. The highest BCUT2D eigenvalue weighted by molar-refractivity contribution is 8.00. The molecule has 3 atom stereocenters. The van der Waals surface area contributed by atoms with Crippen molar-refractivity contribution in [2.75, 3.05) is 18.8 Å². The van der Waals surface area contributed by atoms with Crippen LogP contribution >= 0.6 is 11.8 Å². The van der Waals surface area contributed by atoms with Gasteiger partial charge in [-0.1, -0.05) is 13.3 Å². The summed E-state index contributed by atoms with van der Waals surface area (Å²) in [6, 6.07) is 0.680. The van der Waals surface area contributed by atoms with Gasteiger partial charge in [-0.15, -0.1) is 0 Å². The molecule has 4 heteroatoms. The molecular weight excluding hydrogens is 242 g/mol. The third-order valence-electron chi connectivity index (χ3n) is 3.73. The first kappa shape index (κ1) is 14.0. The Morgan fingerprint density at radius 3 is 2.94 bits per heavy atom. The highest BCUT2D eigenvalue weighted by Gasteiger charge is 2.36. The fraction of sp³-hybridized carbons (Fsp3) is 0.929. The van der Waals surface area contributed by atoms with E-state index in [1.54, 1.807) is 0 Å². The van der Waals surface area contributed by atoms with Crippen LogP contribution < -0.4 is 10.6 Å². The molecule has 2 rings (SSSR count). The fourth-order valence-electron chi connectivity index (χ4n) is 2.59. The third kappa shape index (κ3) is 4.38. The van der Waals surface area contributed by atoms with Crippen LogP contribution in [0.15, 0.2) is 4.99 Å². The number of aliphatic imine (C=N–C) groups is 1. The third-order valence-corrected chi connectivity index (χ3v) is 5.11. The first-order chi connectivity index (χ1) is 8.83. The predicted octanol–water partition coefficient (Wildman–Crippen LogP) is 2.63. The zero-order chi connectivity index (χ0) is 12.8. The molecule has 0 radical (unpaired) electrons. The lowest BCUT2D eigenvalue weighted by atomic mass is 10.2. The first-order valence-electron chi connectivity index (χ1n) is 7.50. The van der Waals surface area contributed by atoms with E-state index in [4.69, 9.17) is 4.99 Å². The summed E-state index contributed by atoms with van der Waals surface area (Å²) in [7, 11) is 0. The highest BCUT2D eigenvalue weighted by Crippen LogP contribution is 2.34. The zero-order valence-electron chi connectivity index (χ0n) is 11.7. The molecule has 0 amide bonds. The molecule has 2 aliphatic rings. The Labute approximate surface area is 116 Å². The standard InChI is InChI=1S/C14H27N3S/c1-3-6-11-9-13(11)17-14(15-4-2)16-10-12-7-5-8-18-12/h11-13H,3-10H2,1-2H3,(H2,15,16,17). The van der Waals surface area contributed by atoms with Crippen LogP contribution in [0.1, 0.15) is 46.0 Å². The van der Waals surface area contributed by atoms with Crippen LogP contribution in [-0.2, 0) is 0 Å². The zero-order valence-corrected chi connectivity index (χ0v) is 12.6. The van der Waals surface area contributed by atoms with E-state index >= 15 is 0 Å². The van der Waals surface area contributed by atoms with Crippen molar-refractivity contribution < 1.29 is 0 Å². The number of thioether (sulfide) groups is 1. The molecule has 3 unspecified atom stereocenters. The number of guanidine groups is 1. The molecule has 0 aromatic rings. The lowest BCUT2D eigenvalue weighted by molar-refractivity contribution is 0.654. The first-order valence-corrected chi connectivity index (χ1v) is 8.54. The van der Waals surface area contributed by atoms with E-state index < -0.39 is 0 Å². The van der Waals surface area contributed by atoms with Gasteiger partial charge in [0, 0.05) is 17.8 Å². The molecule has 104 valence electrons. The Kier molecular flexibility index (Phi) is 5.67. The Morgan fingerprint density at radius 2 is 2.28 bits per heavy atom. The fourth-order valence-corrected chi connectivity index (χ4v) is 3.77. The maximum Gasteiger partial charge on any atom is 0.191 e. The van der Waals surface area contributed by atoms with Crippen molar-refractivity contribution in [3.63, 3.8) is 0 Å². The van der Waals surface area contributed by atoms with Crippen LogP contribution in [0, 0.1) is 5.92 Å². The second kappa shape index (κ2) is 7.27. The van der Waals surface area contributed by atoms with Gasteiger partial charge in [-0.2, -0.15) is 11.8 Å². The largest absolute Gasteiger partial charge is 0.357 e. The summed E-state index contributed by atoms with van der Waals surface area (Å²) >= 11 is 2.08. The van der Waals surface area contributed by atoms with Crippen molar-refractivity contribution in [3.05, 3.63) is 0 Å². The molecule has 18 heavy (non-hydrogen) atoms. The molecule has 1 aliphatic heterocycles. The van der Waals surface area contributed by atoms with Crippen LogP contribution in [0.4, 0.5) is 0 Å². The maximum atomic E-state index is 4.74. The van der Waals surface area contributed by atoms with Crippen molar-refractivity contribution >= 4 is 17.7 Å². The summed E-state index contributed by atoms with van der Waals surface area (Å²) in [6.07, 6.45) is 6.70. The molecule has 0 bridgehead atoms. The quantitative estimate of drug-likeness (QED) is 0.575. The number of hydrogen-bond acceptors (Lipinski definition) is 2. The minimum Gasteiger partial charge on any atom is -0.357 e. The lowest BCUT2D eigenvalue weighted by Gasteiger charge is -2.12. The smallest absolute Gasteiger partial charge is 0.191 e. The Balaban J connectivity index is 1.74. The van der Waals surface area contributed by atoms with E-state index in [1.165, 1.54) is 37.9 Å². The number of hydrogen-bond donors (Lipinski definition) is 2. The van der Waals surface area contributed by atoms with E-state index in [-0.39, 0.29) is 0 Å². The Bertz CT molecular complexity index is 274. The molecule has 1 saturated heterocycles. The van der Waals surface area contributed by atoms with E-state index in [0.717, 1.165) is 30.2 Å². The van der Waals surface area contributed by atoms with Gasteiger partial charge in [0.15, 0.2) is 5.96 Å². The van der Waals surface area contributed by atoms with Crippen LogP contribution in [0.5, 0.6) is 0 Å². The van der Waals surface area contributed by atoms with E-state index in [2.05, 4.69) is 36.2 Å². The van der Waals surface area contributed by atoms with Gasteiger partial charge in [-0.25, -0.2) is 0 Å². The van der Waals surface area contributed by atoms with Crippen LogP contribution in [0.2, 0.25) is 0 Å². The summed E-state index contributed by atoms with van der Waals surface area (Å²) in [5, 5.41) is 7.71. The highest BCUT2D eigenvalue weighted by atomic mass is 32.2. The molecule has 2 fully saturated rings. The van der Waals surface area contributed by atoms with Gasteiger partial charge >= 0.3 is 0 Å². The van der Waals surface area contributed by atoms with E-state index in [0.29, 0.717) is 6.04 Å². The summed E-state index contributed by atoms with van der Waals surface area (Å²) in [5.41, 5.74) is 0. The maximum absolute atomic E-state index is 4.74. The molecule has 1 aliphatic carbocycles. The van der Waals surface area contributed by atoms with E-state index in [1.807, 2.05) is 0 Å². The minimum absolute atomic E-state index is 0.680. The van der Waals surface area contributed by atoms with Crippen molar-refractivity contribution in [1.29, 1.82) is 0 Å². The average molecular weight is 269 g/mol. The minimum atomic E-state index is 0.680. The van der Waals surface area contributed by atoms with Crippen molar-refractivity contribution in [2.45, 2.75) is 57.2 Å². The molecular formula is C14H27N3S. The summed E-state index contributed by atoms with van der Waals surface area (Å²) in [5.74, 6) is 3.25. The van der Waals surface area contributed by atoms with Crippen molar-refractivity contribution in [1.82, 2.24) is 10.6 Å². The monoisotopic (exact) mass is 269 g/mol. The molecule has 2 N–H and O–H groups in total. The van der Waals surface area contributed by atoms with Crippen LogP contribution in [0.3, 0.4) is 0 Å².